The molecule has 130 valence electrons. The molecule has 0 rings (SSSR count). The van der Waals surface area contributed by atoms with Crippen LogP contribution in [0.5, 0.6) is 0 Å². The molecule has 0 N–H and O–H groups in total. The van der Waals surface area contributed by atoms with Crippen LogP contribution in [0.3, 0.4) is 0 Å². The quantitative estimate of drug-likeness (QED) is 0.409. The minimum Gasteiger partial charge on any atom is -0.415 e. The van der Waals surface area contributed by atoms with E-state index in [1.54, 1.807) is 0 Å². The van der Waals surface area contributed by atoms with E-state index in [9.17, 15) is 0 Å². The first kappa shape index (κ1) is 21.9. The van der Waals surface area contributed by atoms with Crippen LogP contribution in [-0.4, -0.2) is 29.8 Å². The van der Waals surface area contributed by atoms with Crippen molar-refractivity contribution < 1.29 is 13.0 Å². The van der Waals surface area contributed by atoms with Crippen LogP contribution in [0, 0.1) is 17.8 Å². The Balaban J connectivity index is 4.48. The van der Waals surface area contributed by atoms with Crippen LogP contribution in [0.15, 0.2) is 0 Å². The molecule has 0 aromatic heterocycles. The highest BCUT2D eigenvalue weighted by molar-refractivity contribution is 6.78. The van der Waals surface area contributed by atoms with Gasteiger partial charge in [0.05, 0.1) is 6.10 Å². The predicted octanol–water partition coefficient (Wildman–Crippen LogP) is 5.07. The second kappa shape index (κ2) is 10.6. The van der Waals surface area contributed by atoms with Gasteiger partial charge in [0.2, 0.25) is 0 Å². The summed E-state index contributed by atoms with van der Waals surface area (Å²) in [4.78, 5) is 0. The van der Waals surface area contributed by atoms with Gasteiger partial charge < -0.3 is 13.0 Å². The van der Waals surface area contributed by atoms with Crippen molar-refractivity contribution in [3.8, 4) is 11.8 Å². The molecule has 0 saturated carbocycles. The zero-order chi connectivity index (χ0) is 17.2. The van der Waals surface area contributed by atoms with Crippen LogP contribution in [0.2, 0.25) is 26.2 Å². The second-order valence-electron chi connectivity index (χ2n) is 7.06. The fraction of sp³-hybridized carbons (Fsp3) is 0.882. The van der Waals surface area contributed by atoms with Crippen LogP contribution < -0.4 is 0 Å². The van der Waals surface area contributed by atoms with Gasteiger partial charge in [-0.25, -0.2) is 0 Å². The molecule has 0 amide bonds. The van der Waals surface area contributed by atoms with E-state index in [4.69, 9.17) is 13.0 Å². The Morgan fingerprint density at radius 3 is 2.09 bits per heavy atom. The van der Waals surface area contributed by atoms with Crippen molar-refractivity contribution in [3.63, 3.8) is 0 Å². The molecule has 0 saturated heterocycles. The van der Waals surface area contributed by atoms with E-state index in [0.29, 0.717) is 5.92 Å². The average Bonchev–Trinajstić information content (AvgIpc) is 2.38. The molecule has 1 unspecified atom stereocenters. The Bertz CT molecular complexity index is 357. The van der Waals surface area contributed by atoms with Crippen LogP contribution in [0.1, 0.15) is 53.4 Å². The second-order valence-corrected chi connectivity index (χ2v) is 14.0. The Labute approximate surface area is 140 Å². The van der Waals surface area contributed by atoms with Crippen LogP contribution in [0.4, 0.5) is 0 Å². The Morgan fingerprint density at radius 2 is 1.59 bits per heavy atom. The molecule has 0 aliphatic carbocycles. The maximum Gasteiger partial charge on any atom is 0.323 e. The average molecular weight is 345 g/mol. The summed E-state index contributed by atoms with van der Waals surface area (Å²) in [7, 11) is -4.32. The van der Waals surface area contributed by atoms with Crippen molar-refractivity contribution in [2.24, 2.45) is 5.92 Å². The van der Waals surface area contributed by atoms with Gasteiger partial charge in [0.15, 0.2) is 0 Å². The first-order valence-electron chi connectivity index (χ1n) is 8.59. The molecule has 0 aromatic rings. The lowest BCUT2D eigenvalue weighted by atomic mass is 10.2. The number of hydrogen-bond acceptors (Lipinski definition) is 3. The molecule has 3 nitrogen and oxygen atoms in total. The van der Waals surface area contributed by atoms with Gasteiger partial charge in [-0.05, 0) is 44.9 Å². The molecule has 0 heterocycles. The van der Waals surface area contributed by atoms with Crippen LogP contribution in [0.25, 0.3) is 0 Å². The first-order chi connectivity index (χ1) is 10.1. The summed E-state index contributed by atoms with van der Waals surface area (Å²) in [5, 5.41) is 0. The molecular formula is C17H36O3Si2. The molecule has 0 aliphatic rings. The third-order valence-electron chi connectivity index (χ3n) is 2.99. The highest BCUT2D eigenvalue weighted by Gasteiger charge is 2.37. The highest BCUT2D eigenvalue weighted by Crippen LogP contribution is 2.21. The molecule has 0 spiro atoms. The Hall–Kier alpha value is -0.126. The van der Waals surface area contributed by atoms with E-state index >= 15 is 0 Å². The molecular weight excluding hydrogens is 308 g/mol. The predicted molar refractivity (Wildman–Crippen MR) is 99.3 cm³/mol. The van der Waals surface area contributed by atoms with E-state index in [2.05, 4.69) is 65.7 Å². The summed E-state index contributed by atoms with van der Waals surface area (Å²) < 4.78 is 18.6. The fourth-order valence-corrected chi connectivity index (χ4v) is 9.03. The molecule has 1 atom stereocenters. The summed E-state index contributed by atoms with van der Waals surface area (Å²) in [6, 6.07) is 0. The molecule has 0 radical (unpaired) electrons. The summed E-state index contributed by atoms with van der Waals surface area (Å²) >= 11 is 0. The third kappa shape index (κ3) is 11.4. The summed E-state index contributed by atoms with van der Waals surface area (Å²) in [5.74, 6) is 6.96. The van der Waals surface area contributed by atoms with Crippen molar-refractivity contribution in [1.82, 2.24) is 0 Å². The zero-order valence-electron chi connectivity index (χ0n) is 15.9. The normalized spacial score (nSPS) is 13.9. The van der Waals surface area contributed by atoms with Crippen molar-refractivity contribution in [3.05, 3.63) is 0 Å². The number of unbranched alkanes of at least 4 members (excludes halogenated alkanes) is 1. The maximum atomic E-state index is 6.32. The van der Waals surface area contributed by atoms with Gasteiger partial charge in [-0.15, -0.1) is 11.8 Å². The molecule has 0 fully saturated rings. The van der Waals surface area contributed by atoms with Crippen molar-refractivity contribution in [2.45, 2.75) is 85.7 Å². The van der Waals surface area contributed by atoms with E-state index in [0.717, 1.165) is 32.3 Å². The Morgan fingerprint density at radius 1 is 0.955 bits per heavy atom. The largest absolute Gasteiger partial charge is 0.415 e. The monoisotopic (exact) mass is 344 g/mol. The minimum absolute atomic E-state index is 0.168. The third-order valence-corrected chi connectivity index (χ3v) is 8.69. The van der Waals surface area contributed by atoms with Gasteiger partial charge in [-0.2, -0.15) is 0 Å². The van der Waals surface area contributed by atoms with E-state index in [1.807, 2.05) is 0 Å². The van der Waals surface area contributed by atoms with Crippen LogP contribution in [-0.2, 0) is 13.0 Å². The number of hydrogen-bond donors (Lipinski definition) is 0. The van der Waals surface area contributed by atoms with Gasteiger partial charge in [0.1, 0.15) is 0 Å². The molecule has 5 heteroatoms. The zero-order valence-corrected chi connectivity index (χ0v) is 17.9. The van der Waals surface area contributed by atoms with Gasteiger partial charge in [-0.3, -0.25) is 0 Å². The Kier molecular flexibility index (Phi) is 10.6. The highest BCUT2D eigenvalue weighted by atomic mass is 28.5. The van der Waals surface area contributed by atoms with Gasteiger partial charge in [-0.1, -0.05) is 27.7 Å². The SMILES string of the molecule is CCCC#CCC(CC)O[Si](C)(C)O[Si](C)(C)OCC(C)C. The van der Waals surface area contributed by atoms with Crippen molar-refractivity contribution >= 4 is 17.1 Å². The fourth-order valence-electron chi connectivity index (χ4n) is 2.08. The van der Waals surface area contributed by atoms with Crippen molar-refractivity contribution in [2.75, 3.05) is 6.61 Å². The van der Waals surface area contributed by atoms with E-state index in [-0.39, 0.29) is 6.10 Å². The first-order valence-corrected chi connectivity index (χ1v) is 14.2. The topological polar surface area (TPSA) is 27.7 Å². The van der Waals surface area contributed by atoms with Gasteiger partial charge in [0, 0.05) is 19.4 Å². The smallest absolute Gasteiger partial charge is 0.323 e. The van der Waals surface area contributed by atoms with Crippen LogP contribution >= 0.6 is 0 Å². The molecule has 0 aromatic carbocycles. The maximum absolute atomic E-state index is 6.32. The lowest BCUT2D eigenvalue weighted by Crippen LogP contribution is -2.50. The summed E-state index contributed by atoms with van der Waals surface area (Å²) in [5.41, 5.74) is 0. The van der Waals surface area contributed by atoms with Gasteiger partial charge >= 0.3 is 17.1 Å². The molecule has 0 aliphatic heterocycles. The van der Waals surface area contributed by atoms with E-state index < -0.39 is 17.1 Å². The summed E-state index contributed by atoms with van der Waals surface area (Å²) in [6.07, 6.45) is 4.01. The van der Waals surface area contributed by atoms with E-state index in [1.165, 1.54) is 0 Å². The van der Waals surface area contributed by atoms with Gasteiger partial charge in [0.25, 0.3) is 0 Å². The number of rotatable bonds is 10. The standard InChI is InChI=1S/C17H36O3Si2/c1-9-11-12-13-14-17(10-2)19-22(7,8)20-21(5,6)18-15-16(3)4/h16-17H,9-11,14-15H2,1-8H3. The molecule has 22 heavy (non-hydrogen) atoms. The van der Waals surface area contributed by atoms with Crippen molar-refractivity contribution in [1.29, 1.82) is 0 Å². The minimum atomic E-state index is -2.19. The molecule has 0 bridgehead atoms. The summed E-state index contributed by atoms with van der Waals surface area (Å²) in [6.45, 7) is 17.8. The lowest BCUT2D eigenvalue weighted by molar-refractivity contribution is 0.135. The lowest BCUT2D eigenvalue weighted by Gasteiger charge is -2.35.